The molecule has 1 atom stereocenters. The molecule has 0 spiro atoms. The fraction of sp³-hybridized carbons (Fsp3) is 0.429. The molecular formula is C28H34N6O5. The summed E-state index contributed by atoms with van der Waals surface area (Å²) in [6.45, 7) is 5.20. The molecule has 1 fully saturated rings. The van der Waals surface area contributed by atoms with Gasteiger partial charge in [0.05, 0.1) is 6.54 Å². The number of imidazole rings is 1. The Labute approximate surface area is 225 Å². The maximum Gasteiger partial charge on any atom is 0.332 e. The zero-order valence-corrected chi connectivity index (χ0v) is 22.6. The highest BCUT2D eigenvalue weighted by Gasteiger charge is 2.27. The van der Waals surface area contributed by atoms with Gasteiger partial charge in [0.25, 0.3) is 5.56 Å². The number of carbonyl (C=O) groups excluding carboxylic acids is 1. The van der Waals surface area contributed by atoms with Crippen molar-refractivity contribution in [3.8, 4) is 0 Å². The number of Topliss-reactive ketones (excluding diaryl/α,β-unsaturated/α-hetero) is 1. The quantitative estimate of drug-likeness (QED) is 0.537. The summed E-state index contributed by atoms with van der Waals surface area (Å²) in [4.78, 5) is 46.9. The number of fused-ring (bicyclic) bond motifs is 1. The monoisotopic (exact) mass is 534 g/mol. The summed E-state index contributed by atoms with van der Waals surface area (Å²) in [6.07, 6.45) is 14.1. The molecule has 0 bridgehead atoms. The Morgan fingerprint density at radius 3 is 2.69 bits per heavy atom. The summed E-state index contributed by atoms with van der Waals surface area (Å²) >= 11 is 0. The van der Waals surface area contributed by atoms with Gasteiger partial charge in [0.15, 0.2) is 16.9 Å². The Bertz CT molecular complexity index is 1580. The summed E-state index contributed by atoms with van der Waals surface area (Å²) in [5.41, 5.74) is 7.57. The molecule has 2 aromatic rings. The van der Waals surface area contributed by atoms with Crippen molar-refractivity contribution >= 4 is 22.9 Å². The number of anilines is 1. The minimum absolute atomic E-state index is 0.0000132. The van der Waals surface area contributed by atoms with Crippen LogP contribution in [0.3, 0.4) is 0 Å². The highest BCUT2D eigenvalue weighted by Crippen LogP contribution is 2.26. The topological polar surface area (TPSA) is 127 Å². The average Bonchev–Trinajstić information content (AvgIpc) is 3.33. The molecule has 39 heavy (non-hydrogen) atoms. The van der Waals surface area contributed by atoms with Crippen LogP contribution in [-0.4, -0.2) is 43.6 Å². The van der Waals surface area contributed by atoms with E-state index >= 15 is 0 Å². The number of allylic oxidation sites excluding steroid dienone is 7. The molecule has 1 saturated heterocycles. The van der Waals surface area contributed by atoms with E-state index in [1.807, 2.05) is 36.6 Å². The van der Waals surface area contributed by atoms with Crippen LogP contribution < -0.4 is 21.9 Å². The van der Waals surface area contributed by atoms with E-state index in [4.69, 9.17) is 20.2 Å². The van der Waals surface area contributed by atoms with E-state index in [-0.39, 0.29) is 23.0 Å². The third-order valence-corrected chi connectivity index (χ3v) is 7.13. The van der Waals surface area contributed by atoms with Gasteiger partial charge in [0.2, 0.25) is 17.5 Å². The molecule has 0 amide bonds. The lowest BCUT2D eigenvalue weighted by atomic mass is 10.0. The first-order valence-corrected chi connectivity index (χ1v) is 13.2. The summed E-state index contributed by atoms with van der Waals surface area (Å²) in [5.74, 6) is 0.475. The molecule has 0 radical (unpaired) electrons. The van der Waals surface area contributed by atoms with Gasteiger partial charge in [-0.3, -0.25) is 18.7 Å². The van der Waals surface area contributed by atoms with Gasteiger partial charge in [0, 0.05) is 32.7 Å². The lowest BCUT2D eigenvalue weighted by molar-refractivity contribution is -0.119. The number of nitrogens with zero attached hydrogens (tertiary/aromatic N) is 5. The van der Waals surface area contributed by atoms with Crippen LogP contribution in [0.15, 0.2) is 69.1 Å². The van der Waals surface area contributed by atoms with E-state index in [0.717, 1.165) is 47.9 Å². The highest BCUT2D eigenvalue weighted by molar-refractivity contribution is 5.93. The number of rotatable bonds is 7. The van der Waals surface area contributed by atoms with Gasteiger partial charge in [-0.25, -0.2) is 4.79 Å². The molecule has 11 heteroatoms. The maximum atomic E-state index is 13.8. The minimum Gasteiger partial charge on any atom is -0.457 e. The van der Waals surface area contributed by atoms with E-state index in [1.165, 1.54) is 17.1 Å². The molecule has 3 aliphatic rings. The van der Waals surface area contributed by atoms with Crippen molar-refractivity contribution in [2.75, 3.05) is 18.0 Å². The molecule has 5 rings (SSSR count). The van der Waals surface area contributed by atoms with E-state index in [0.29, 0.717) is 24.8 Å². The van der Waals surface area contributed by atoms with Gasteiger partial charge < -0.3 is 24.7 Å². The van der Waals surface area contributed by atoms with E-state index in [2.05, 4.69) is 11.0 Å². The molecule has 4 heterocycles. The Morgan fingerprint density at radius 1 is 1.21 bits per heavy atom. The van der Waals surface area contributed by atoms with Crippen molar-refractivity contribution in [3.63, 3.8) is 0 Å². The summed E-state index contributed by atoms with van der Waals surface area (Å²) in [7, 11) is 1.55. The number of carbonyl (C=O) groups is 1. The Kier molecular flexibility index (Phi) is 7.42. The second kappa shape index (κ2) is 10.9. The van der Waals surface area contributed by atoms with Crippen LogP contribution >= 0.6 is 0 Å². The third-order valence-electron chi connectivity index (χ3n) is 7.13. The van der Waals surface area contributed by atoms with Crippen LogP contribution in [0, 0.1) is 0 Å². The van der Waals surface area contributed by atoms with Gasteiger partial charge in [-0.15, -0.1) is 0 Å². The van der Waals surface area contributed by atoms with Crippen LogP contribution in [0.25, 0.3) is 11.2 Å². The van der Waals surface area contributed by atoms with Crippen molar-refractivity contribution in [1.82, 2.24) is 18.7 Å². The number of nitrogens with two attached hydrogens (primary N) is 1. The van der Waals surface area contributed by atoms with Crippen molar-refractivity contribution in [1.29, 1.82) is 0 Å². The van der Waals surface area contributed by atoms with Gasteiger partial charge in [-0.1, -0.05) is 29.9 Å². The predicted octanol–water partition coefficient (Wildman–Crippen LogP) is 2.37. The Balaban J connectivity index is 1.49. The smallest absolute Gasteiger partial charge is 0.332 e. The Morgan fingerprint density at radius 2 is 2.03 bits per heavy atom. The number of piperidine rings is 1. The molecule has 0 aromatic carbocycles. The number of aromatic nitrogens is 4. The van der Waals surface area contributed by atoms with Crippen LogP contribution in [0.2, 0.25) is 0 Å². The zero-order chi connectivity index (χ0) is 27.7. The Hall–Kier alpha value is -4.12. The number of aryl methyl sites for hydroxylation is 1. The van der Waals surface area contributed by atoms with Crippen molar-refractivity contribution in [3.05, 3.63) is 80.3 Å². The van der Waals surface area contributed by atoms with Crippen LogP contribution in [-0.2, 0) is 34.4 Å². The predicted molar refractivity (Wildman–Crippen MR) is 148 cm³/mol. The summed E-state index contributed by atoms with van der Waals surface area (Å²) in [5, 5.41) is 0. The number of hydrogen-bond donors (Lipinski definition) is 1. The fourth-order valence-electron chi connectivity index (χ4n) is 4.98. The lowest BCUT2D eigenvalue weighted by Gasteiger charge is -2.31. The normalized spacial score (nSPS) is 19.1. The molecule has 0 saturated carbocycles. The molecule has 2 N–H and O–H groups in total. The van der Waals surface area contributed by atoms with Crippen LogP contribution in [0.4, 0.5) is 5.95 Å². The second-order valence-corrected chi connectivity index (χ2v) is 10.3. The van der Waals surface area contributed by atoms with Crippen molar-refractivity contribution in [2.45, 2.75) is 58.7 Å². The summed E-state index contributed by atoms with van der Waals surface area (Å²) < 4.78 is 15.2. The van der Waals surface area contributed by atoms with Crippen LogP contribution in [0.5, 0.6) is 0 Å². The largest absolute Gasteiger partial charge is 0.457 e. The second-order valence-electron chi connectivity index (χ2n) is 10.3. The maximum absolute atomic E-state index is 13.8. The van der Waals surface area contributed by atoms with Gasteiger partial charge in [-0.05, 0) is 45.1 Å². The van der Waals surface area contributed by atoms with Crippen LogP contribution in [0.1, 0.15) is 39.5 Å². The van der Waals surface area contributed by atoms with Gasteiger partial charge in [0.1, 0.15) is 12.5 Å². The van der Waals surface area contributed by atoms with Crippen molar-refractivity contribution in [2.24, 2.45) is 12.8 Å². The highest BCUT2D eigenvalue weighted by atomic mass is 16.5. The number of hydrogen-bond acceptors (Lipinski definition) is 8. The lowest BCUT2D eigenvalue weighted by Crippen LogP contribution is -2.44. The molecular weight excluding hydrogens is 500 g/mol. The van der Waals surface area contributed by atoms with Gasteiger partial charge >= 0.3 is 5.69 Å². The standard InChI is InChI=1S/C28H34N6O5/c1-18(2)11-13-33-24-25(30-27(33)32-12-7-10-20(29)14-32)31(3)28(37)34(26(24)36)15-21(35)23-17-38-22(16-39-23)19-8-5-4-6-9-19/h4-5,8,11,16-17,20H,6-7,9-10,12-15,29H2,1-3H3. The minimum atomic E-state index is -0.637. The van der Waals surface area contributed by atoms with E-state index in [1.54, 1.807) is 7.05 Å². The molecule has 2 aromatic heterocycles. The molecule has 1 unspecified atom stereocenters. The molecule has 1 aliphatic carbocycles. The molecule has 11 nitrogen and oxygen atoms in total. The van der Waals surface area contributed by atoms with Gasteiger partial charge in [-0.2, -0.15) is 4.98 Å². The first-order chi connectivity index (χ1) is 18.7. The SMILES string of the molecule is CC(C)=CCn1c(N2CCCC(N)C2)nc2c1c(=O)n(CC(=O)C1=COC(C3=CC=CCC3)=CO1)c(=O)n2C. The van der Waals surface area contributed by atoms with Crippen molar-refractivity contribution < 1.29 is 14.3 Å². The number of ketones is 1. The average molecular weight is 535 g/mol. The van der Waals surface area contributed by atoms with E-state index in [9.17, 15) is 14.4 Å². The molecule has 206 valence electrons. The number of ether oxygens (including phenoxy) is 2. The zero-order valence-electron chi connectivity index (χ0n) is 22.6. The first kappa shape index (κ1) is 26.5. The van der Waals surface area contributed by atoms with E-state index < -0.39 is 23.6 Å². The fourth-order valence-corrected chi connectivity index (χ4v) is 4.98. The molecule has 2 aliphatic heterocycles. The third kappa shape index (κ3) is 5.26. The first-order valence-electron chi connectivity index (χ1n) is 13.2. The summed E-state index contributed by atoms with van der Waals surface area (Å²) in [6, 6.07) is -0.0000132.